The number of imide groups is 2. The number of rotatable bonds is 16. The molecule has 1 saturated carbocycles. The van der Waals surface area contributed by atoms with Crippen LogP contribution in [0.4, 0.5) is 5.69 Å². The number of piperidine rings is 1. The molecule has 4 aliphatic rings. The Morgan fingerprint density at radius 3 is 2.22 bits per heavy atom. The van der Waals surface area contributed by atoms with Crippen LogP contribution in [0.2, 0.25) is 0 Å². The summed E-state index contributed by atoms with van der Waals surface area (Å²) in [4.78, 5) is 61.8. The highest BCUT2D eigenvalue weighted by atomic mass is 16.6. The van der Waals surface area contributed by atoms with E-state index < -0.39 is 29.7 Å². The van der Waals surface area contributed by atoms with Crippen molar-refractivity contribution in [1.82, 2.24) is 24.8 Å². The van der Waals surface area contributed by atoms with Crippen molar-refractivity contribution < 1.29 is 42.9 Å². The summed E-state index contributed by atoms with van der Waals surface area (Å²) in [6.45, 7) is 4.10. The SMILES string of the molecule is Cn1c2ccncc2c2ccc(-c3ccc(O[C@H]4C[C@H](OCCOCCOCCOC5CN(c6ccc7c(c6)C(=O)N([C@@H]6CCC(=O)NC6=O)C7=O)C5)C4)nc3)cc21. The number of benzene rings is 2. The summed E-state index contributed by atoms with van der Waals surface area (Å²) < 4.78 is 31.5. The van der Waals surface area contributed by atoms with Crippen molar-refractivity contribution >= 4 is 51.1 Å². The van der Waals surface area contributed by atoms with E-state index >= 15 is 0 Å². The number of carbonyl (C=O) groups is 4. The number of pyridine rings is 2. The topological polar surface area (TPSA) is 164 Å². The predicted molar refractivity (Wildman–Crippen MR) is 212 cm³/mol. The van der Waals surface area contributed by atoms with Gasteiger partial charge in [0.05, 0.1) is 68.5 Å². The maximum absolute atomic E-state index is 13.1. The van der Waals surface area contributed by atoms with Crippen LogP contribution in [0, 0.1) is 0 Å². The molecule has 3 aliphatic heterocycles. The fraction of sp³-hybridized carbons (Fsp3) is 0.395. The molecule has 9 rings (SSSR count). The van der Waals surface area contributed by atoms with Gasteiger partial charge in [-0.3, -0.25) is 34.4 Å². The average molecular weight is 789 g/mol. The Bertz CT molecular complexity index is 2370. The molecular formula is C43H44N6O9. The number of hydrogen-bond donors (Lipinski definition) is 1. The number of nitrogens with one attached hydrogen (secondary N) is 1. The Balaban J connectivity index is 0.605. The summed E-state index contributed by atoms with van der Waals surface area (Å²) in [5.41, 5.74) is 5.78. The Kier molecular flexibility index (Phi) is 10.6. The van der Waals surface area contributed by atoms with Crippen LogP contribution in [-0.4, -0.2) is 120 Å². The van der Waals surface area contributed by atoms with Gasteiger partial charge in [-0.25, -0.2) is 4.98 Å². The van der Waals surface area contributed by atoms with Gasteiger partial charge in [0.1, 0.15) is 12.1 Å². The van der Waals surface area contributed by atoms with E-state index in [4.69, 9.17) is 23.7 Å². The van der Waals surface area contributed by atoms with Crippen LogP contribution >= 0.6 is 0 Å². The molecular weight excluding hydrogens is 745 g/mol. The van der Waals surface area contributed by atoms with Gasteiger partial charge in [0.2, 0.25) is 17.7 Å². The number of aromatic nitrogens is 3. The van der Waals surface area contributed by atoms with Crippen LogP contribution in [0.1, 0.15) is 46.4 Å². The monoisotopic (exact) mass is 788 g/mol. The Hall–Kier alpha value is -5.74. The zero-order valence-corrected chi connectivity index (χ0v) is 32.1. The number of aryl methyl sites for hydroxylation is 1. The molecule has 300 valence electrons. The largest absolute Gasteiger partial charge is 0.474 e. The summed E-state index contributed by atoms with van der Waals surface area (Å²) in [5, 5.41) is 4.55. The van der Waals surface area contributed by atoms with Gasteiger partial charge in [0.15, 0.2) is 0 Å². The molecule has 2 saturated heterocycles. The minimum atomic E-state index is -0.982. The Morgan fingerprint density at radius 1 is 0.724 bits per heavy atom. The zero-order valence-electron chi connectivity index (χ0n) is 32.1. The second kappa shape index (κ2) is 16.3. The third-order valence-electron chi connectivity index (χ3n) is 11.4. The molecule has 58 heavy (non-hydrogen) atoms. The molecule has 5 aromatic rings. The number of carbonyl (C=O) groups excluding carboxylic acids is 4. The molecule has 0 spiro atoms. The van der Waals surface area contributed by atoms with Crippen molar-refractivity contribution in [2.75, 3.05) is 57.6 Å². The summed E-state index contributed by atoms with van der Waals surface area (Å²) in [7, 11) is 2.08. The van der Waals surface area contributed by atoms with Crippen molar-refractivity contribution in [3.05, 3.63) is 84.3 Å². The highest BCUT2D eigenvalue weighted by molar-refractivity contribution is 6.23. The standard InChI is InChI=1S/C43H44N6O9/c1-47-36-10-11-44-23-35(36)32-5-2-26(18-38(32)47)27-3-9-40(45-22-27)58-30-20-29(21-30)56-16-14-54-12-13-55-15-17-57-31-24-48(25-31)28-4-6-33-34(19-28)43(53)49(42(33)52)37-7-8-39(50)46-41(37)51/h2-6,9-11,18-19,22-23,29-31,37H,7-8,12-17,20-21,24-25H2,1H3,(H,46,50,51)/t29-,30-,37-/m1/s1. The van der Waals surface area contributed by atoms with Gasteiger partial charge in [-0.15, -0.1) is 0 Å². The van der Waals surface area contributed by atoms with Crippen molar-refractivity contribution in [2.24, 2.45) is 7.05 Å². The van der Waals surface area contributed by atoms with Crippen LogP contribution in [0.3, 0.4) is 0 Å². The Labute approximate surface area is 334 Å². The van der Waals surface area contributed by atoms with Crippen LogP contribution in [0.15, 0.2) is 73.2 Å². The molecule has 3 aromatic heterocycles. The molecule has 4 amide bonds. The smallest absolute Gasteiger partial charge is 0.262 e. The normalized spacial score (nSPS) is 20.7. The minimum Gasteiger partial charge on any atom is -0.474 e. The van der Waals surface area contributed by atoms with Crippen LogP contribution in [0.5, 0.6) is 5.88 Å². The van der Waals surface area contributed by atoms with Gasteiger partial charge in [-0.1, -0.05) is 12.1 Å². The lowest BCUT2D eigenvalue weighted by atomic mass is 9.92. The molecule has 15 heteroatoms. The quantitative estimate of drug-likeness (QED) is 0.113. The maximum atomic E-state index is 13.1. The number of fused-ring (bicyclic) bond motifs is 4. The summed E-state index contributed by atoms with van der Waals surface area (Å²) in [6, 6.07) is 16.6. The molecule has 15 nitrogen and oxygen atoms in total. The lowest BCUT2D eigenvalue weighted by Gasteiger charge is -2.40. The number of anilines is 1. The van der Waals surface area contributed by atoms with Crippen LogP contribution < -0.4 is 15.0 Å². The average Bonchev–Trinajstić information content (AvgIpc) is 3.63. The van der Waals surface area contributed by atoms with Crippen molar-refractivity contribution in [3.63, 3.8) is 0 Å². The van der Waals surface area contributed by atoms with Gasteiger partial charge in [0, 0.05) is 91.6 Å². The van der Waals surface area contributed by atoms with E-state index in [2.05, 4.69) is 50.0 Å². The van der Waals surface area contributed by atoms with Gasteiger partial charge < -0.3 is 33.2 Å². The minimum absolute atomic E-state index is 0.0250. The highest BCUT2D eigenvalue weighted by Gasteiger charge is 2.45. The van der Waals surface area contributed by atoms with Crippen LogP contribution in [0.25, 0.3) is 32.9 Å². The van der Waals surface area contributed by atoms with Gasteiger partial charge in [-0.2, -0.15) is 0 Å². The zero-order chi connectivity index (χ0) is 39.8. The lowest BCUT2D eigenvalue weighted by molar-refractivity contribution is -0.136. The molecule has 0 unspecified atom stereocenters. The van der Waals surface area contributed by atoms with Gasteiger partial charge >= 0.3 is 0 Å². The van der Waals surface area contributed by atoms with Crippen molar-refractivity contribution in [3.8, 4) is 17.0 Å². The third kappa shape index (κ3) is 7.53. The predicted octanol–water partition coefficient (Wildman–Crippen LogP) is 4.05. The number of nitrogens with zero attached hydrogens (tertiary/aromatic N) is 5. The first-order valence-corrected chi connectivity index (χ1v) is 19.7. The summed E-state index contributed by atoms with van der Waals surface area (Å²) in [5.74, 6) is -1.44. The maximum Gasteiger partial charge on any atom is 0.262 e. The van der Waals surface area contributed by atoms with E-state index in [1.807, 2.05) is 36.8 Å². The number of hydrogen-bond acceptors (Lipinski definition) is 12. The first kappa shape index (κ1) is 37.8. The number of ether oxygens (including phenoxy) is 5. The van der Waals surface area contributed by atoms with Gasteiger partial charge in [-0.05, 0) is 48.4 Å². The van der Waals surface area contributed by atoms with Crippen molar-refractivity contribution in [2.45, 2.75) is 50.0 Å². The molecule has 3 fully saturated rings. The van der Waals surface area contributed by atoms with Gasteiger partial charge in [0.25, 0.3) is 11.8 Å². The second-order valence-electron chi connectivity index (χ2n) is 15.1. The molecule has 1 aliphatic carbocycles. The van der Waals surface area contributed by atoms with E-state index in [0.29, 0.717) is 58.6 Å². The summed E-state index contributed by atoms with van der Waals surface area (Å²) in [6.07, 6.45) is 7.70. The summed E-state index contributed by atoms with van der Waals surface area (Å²) >= 11 is 0. The molecule has 0 radical (unpaired) electrons. The molecule has 6 heterocycles. The van der Waals surface area contributed by atoms with E-state index in [1.54, 1.807) is 18.2 Å². The van der Waals surface area contributed by atoms with E-state index in [0.717, 1.165) is 51.0 Å². The van der Waals surface area contributed by atoms with E-state index in [1.165, 1.54) is 5.39 Å². The Morgan fingerprint density at radius 2 is 1.47 bits per heavy atom. The lowest BCUT2D eigenvalue weighted by Crippen LogP contribution is -2.54. The number of amides is 4. The molecule has 1 atom stereocenters. The first-order valence-electron chi connectivity index (χ1n) is 19.7. The third-order valence-corrected chi connectivity index (χ3v) is 11.4. The van der Waals surface area contributed by atoms with Crippen molar-refractivity contribution in [1.29, 1.82) is 0 Å². The van der Waals surface area contributed by atoms with Crippen LogP contribution in [-0.2, 0) is 35.6 Å². The first-order chi connectivity index (χ1) is 28.3. The molecule has 1 N–H and O–H groups in total. The fourth-order valence-electron chi connectivity index (χ4n) is 8.05. The van der Waals surface area contributed by atoms with E-state index in [-0.39, 0.29) is 42.3 Å². The van der Waals surface area contributed by atoms with E-state index in [9.17, 15) is 19.2 Å². The molecule has 2 aromatic carbocycles. The fourth-order valence-corrected chi connectivity index (χ4v) is 8.05. The highest BCUT2D eigenvalue weighted by Crippen LogP contribution is 2.34. The molecule has 0 bridgehead atoms. The second-order valence-corrected chi connectivity index (χ2v) is 15.1.